The highest BCUT2D eigenvalue weighted by molar-refractivity contribution is 7.09. The maximum absolute atomic E-state index is 5.86. The van der Waals surface area contributed by atoms with Crippen molar-refractivity contribution in [3.05, 3.63) is 52.2 Å². The molecule has 18 heavy (non-hydrogen) atoms. The predicted octanol–water partition coefficient (Wildman–Crippen LogP) is 3.61. The van der Waals surface area contributed by atoms with Crippen LogP contribution in [0.2, 0.25) is 0 Å². The number of hydrogen-bond donors (Lipinski definition) is 1. The van der Waals surface area contributed by atoms with Crippen molar-refractivity contribution in [3.63, 3.8) is 0 Å². The topological polar surface area (TPSA) is 21.3 Å². The van der Waals surface area contributed by atoms with Crippen LogP contribution in [-0.4, -0.2) is 12.6 Å². The highest BCUT2D eigenvalue weighted by Crippen LogP contribution is 2.14. The molecule has 0 aliphatic carbocycles. The predicted molar refractivity (Wildman–Crippen MR) is 77.3 cm³/mol. The summed E-state index contributed by atoms with van der Waals surface area (Å²) >= 11 is 1.78. The van der Waals surface area contributed by atoms with Crippen LogP contribution in [-0.2, 0) is 6.54 Å². The first-order valence-corrected chi connectivity index (χ1v) is 7.08. The van der Waals surface area contributed by atoms with Gasteiger partial charge in [0.25, 0.3) is 0 Å². The average Bonchev–Trinajstić information content (AvgIpc) is 2.82. The van der Waals surface area contributed by atoms with E-state index in [1.165, 1.54) is 10.4 Å². The van der Waals surface area contributed by atoms with Crippen molar-refractivity contribution in [2.24, 2.45) is 0 Å². The molecular formula is C15H19NOS. The van der Waals surface area contributed by atoms with E-state index in [-0.39, 0.29) is 6.10 Å². The molecule has 1 unspecified atom stereocenters. The third-order valence-electron chi connectivity index (χ3n) is 2.64. The number of ether oxygens (including phenoxy) is 1. The number of aryl methyl sites for hydroxylation is 1. The lowest BCUT2D eigenvalue weighted by Gasteiger charge is -2.15. The van der Waals surface area contributed by atoms with E-state index in [4.69, 9.17) is 4.74 Å². The first-order valence-electron chi connectivity index (χ1n) is 6.20. The Morgan fingerprint density at radius 1 is 1.28 bits per heavy atom. The third kappa shape index (κ3) is 4.17. The first-order chi connectivity index (χ1) is 8.74. The first kappa shape index (κ1) is 13.1. The van der Waals surface area contributed by atoms with Crippen molar-refractivity contribution in [2.75, 3.05) is 6.54 Å². The molecular weight excluding hydrogens is 242 g/mol. The van der Waals surface area contributed by atoms with Crippen LogP contribution in [0.4, 0.5) is 0 Å². The molecule has 1 aromatic carbocycles. The summed E-state index contributed by atoms with van der Waals surface area (Å²) < 4.78 is 5.86. The summed E-state index contributed by atoms with van der Waals surface area (Å²) in [6.45, 7) is 5.93. The van der Waals surface area contributed by atoms with Crippen molar-refractivity contribution >= 4 is 11.3 Å². The number of hydrogen-bond acceptors (Lipinski definition) is 3. The zero-order valence-electron chi connectivity index (χ0n) is 10.8. The molecule has 2 rings (SSSR count). The molecule has 0 saturated carbocycles. The van der Waals surface area contributed by atoms with Crippen molar-refractivity contribution in [3.8, 4) is 5.75 Å². The van der Waals surface area contributed by atoms with Gasteiger partial charge < -0.3 is 10.1 Å². The van der Waals surface area contributed by atoms with Gasteiger partial charge in [-0.15, -0.1) is 11.3 Å². The second-order valence-corrected chi connectivity index (χ2v) is 5.49. The van der Waals surface area contributed by atoms with E-state index in [0.717, 1.165) is 18.8 Å². The quantitative estimate of drug-likeness (QED) is 0.857. The average molecular weight is 261 g/mol. The molecule has 0 aliphatic rings. The van der Waals surface area contributed by atoms with Crippen LogP contribution < -0.4 is 10.1 Å². The van der Waals surface area contributed by atoms with Gasteiger partial charge in [0.15, 0.2) is 0 Å². The minimum atomic E-state index is 0.173. The summed E-state index contributed by atoms with van der Waals surface area (Å²) in [6, 6.07) is 12.4. The SMILES string of the molecule is Cc1cccc(OC(C)CNCc2cccs2)c1. The van der Waals surface area contributed by atoms with Gasteiger partial charge in [-0.3, -0.25) is 0 Å². The van der Waals surface area contributed by atoms with E-state index in [1.807, 2.05) is 12.1 Å². The minimum absolute atomic E-state index is 0.173. The third-order valence-corrected chi connectivity index (χ3v) is 3.51. The normalized spacial score (nSPS) is 12.3. The van der Waals surface area contributed by atoms with Crippen LogP contribution in [0.25, 0.3) is 0 Å². The standard InChI is InChI=1S/C15H19NOS/c1-12-5-3-6-14(9-12)17-13(2)10-16-11-15-7-4-8-18-15/h3-9,13,16H,10-11H2,1-2H3. The maximum Gasteiger partial charge on any atom is 0.120 e. The highest BCUT2D eigenvalue weighted by Gasteiger charge is 2.04. The van der Waals surface area contributed by atoms with Gasteiger partial charge in [0.05, 0.1) is 0 Å². The zero-order chi connectivity index (χ0) is 12.8. The van der Waals surface area contributed by atoms with E-state index in [0.29, 0.717) is 0 Å². The van der Waals surface area contributed by atoms with Crippen LogP contribution >= 0.6 is 11.3 Å². The summed E-state index contributed by atoms with van der Waals surface area (Å²) in [7, 11) is 0. The number of thiophene rings is 1. The lowest BCUT2D eigenvalue weighted by atomic mass is 10.2. The van der Waals surface area contributed by atoms with Gasteiger partial charge in [-0.05, 0) is 43.0 Å². The summed E-state index contributed by atoms with van der Waals surface area (Å²) in [5, 5.41) is 5.51. The molecule has 0 bridgehead atoms. The zero-order valence-corrected chi connectivity index (χ0v) is 11.7. The van der Waals surface area contributed by atoms with Gasteiger partial charge in [-0.25, -0.2) is 0 Å². The second-order valence-electron chi connectivity index (χ2n) is 4.46. The molecule has 0 spiro atoms. The van der Waals surface area contributed by atoms with Crippen molar-refractivity contribution in [2.45, 2.75) is 26.5 Å². The molecule has 1 aromatic heterocycles. The van der Waals surface area contributed by atoms with Gasteiger partial charge in [0.2, 0.25) is 0 Å². The fourth-order valence-electron chi connectivity index (χ4n) is 1.77. The largest absolute Gasteiger partial charge is 0.489 e. The molecule has 3 heteroatoms. The van der Waals surface area contributed by atoms with E-state index in [1.54, 1.807) is 11.3 Å². The highest BCUT2D eigenvalue weighted by atomic mass is 32.1. The second kappa shape index (κ2) is 6.57. The van der Waals surface area contributed by atoms with Crippen LogP contribution in [0.5, 0.6) is 5.75 Å². The Bertz CT molecular complexity index is 467. The molecule has 0 aliphatic heterocycles. The molecule has 1 atom stereocenters. The van der Waals surface area contributed by atoms with Gasteiger partial charge in [-0.2, -0.15) is 0 Å². The Kier molecular flexibility index (Phi) is 4.79. The number of benzene rings is 1. The van der Waals surface area contributed by atoms with Crippen LogP contribution in [0.3, 0.4) is 0 Å². The summed E-state index contributed by atoms with van der Waals surface area (Å²) in [5.41, 5.74) is 1.23. The number of nitrogens with one attached hydrogen (secondary N) is 1. The van der Waals surface area contributed by atoms with Crippen molar-refractivity contribution in [1.82, 2.24) is 5.32 Å². The van der Waals surface area contributed by atoms with Crippen LogP contribution in [0, 0.1) is 6.92 Å². The summed E-state index contributed by atoms with van der Waals surface area (Å²) in [4.78, 5) is 1.36. The van der Waals surface area contributed by atoms with Crippen LogP contribution in [0.1, 0.15) is 17.4 Å². The molecule has 2 nitrogen and oxygen atoms in total. The fourth-order valence-corrected chi connectivity index (χ4v) is 2.45. The summed E-state index contributed by atoms with van der Waals surface area (Å²) in [5.74, 6) is 0.945. The lowest BCUT2D eigenvalue weighted by Crippen LogP contribution is -2.28. The Morgan fingerprint density at radius 2 is 2.17 bits per heavy atom. The van der Waals surface area contributed by atoms with E-state index in [2.05, 4.69) is 48.8 Å². The smallest absolute Gasteiger partial charge is 0.120 e. The van der Waals surface area contributed by atoms with Gasteiger partial charge >= 0.3 is 0 Å². The van der Waals surface area contributed by atoms with E-state index >= 15 is 0 Å². The monoisotopic (exact) mass is 261 g/mol. The van der Waals surface area contributed by atoms with Crippen molar-refractivity contribution in [1.29, 1.82) is 0 Å². The minimum Gasteiger partial charge on any atom is -0.489 e. The summed E-state index contributed by atoms with van der Waals surface area (Å²) in [6.07, 6.45) is 0.173. The maximum atomic E-state index is 5.86. The van der Waals surface area contributed by atoms with Gasteiger partial charge in [0, 0.05) is 18.0 Å². The van der Waals surface area contributed by atoms with E-state index in [9.17, 15) is 0 Å². The Labute approximate surface area is 113 Å². The van der Waals surface area contributed by atoms with Gasteiger partial charge in [-0.1, -0.05) is 18.2 Å². The molecule has 2 aromatic rings. The lowest BCUT2D eigenvalue weighted by molar-refractivity contribution is 0.217. The number of rotatable bonds is 6. The Hall–Kier alpha value is -1.32. The van der Waals surface area contributed by atoms with Crippen LogP contribution in [0.15, 0.2) is 41.8 Å². The molecule has 0 saturated heterocycles. The fraction of sp³-hybridized carbons (Fsp3) is 0.333. The molecule has 0 amide bonds. The van der Waals surface area contributed by atoms with E-state index < -0.39 is 0 Å². The molecule has 0 radical (unpaired) electrons. The molecule has 1 heterocycles. The van der Waals surface area contributed by atoms with Crippen molar-refractivity contribution < 1.29 is 4.74 Å². The molecule has 96 valence electrons. The molecule has 0 fully saturated rings. The Morgan fingerprint density at radius 3 is 2.89 bits per heavy atom. The Balaban J connectivity index is 1.73. The van der Waals surface area contributed by atoms with Gasteiger partial charge in [0.1, 0.15) is 11.9 Å². The molecule has 1 N–H and O–H groups in total.